The van der Waals surface area contributed by atoms with E-state index in [9.17, 15) is 9.59 Å². The van der Waals surface area contributed by atoms with Gasteiger partial charge in [0.1, 0.15) is 22.9 Å². The van der Waals surface area contributed by atoms with Gasteiger partial charge in [0, 0.05) is 16.6 Å². The maximum absolute atomic E-state index is 13.4. The third-order valence-corrected chi connectivity index (χ3v) is 6.93. The first-order valence-corrected chi connectivity index (χ1v) is 13.1. The number of nitrogens with zero attached hydrogens (tertiary/aromatic N) is 2. The Bertz CT molecular complexity index is 1860. The molecular weight excluding hydrogens is 518 g/mol. The van der Waals surface area contributed by atoms with Crippen LogP contribution in [0.2, 0.25) is 0 Å². The molecule has 0 amide bonds. The van der Waals surface area contributed by atoms with Gasteiger partial charge in [0.05, 0.1) is 26.8 Å². The molecule has 0 aliphatic heterocycles. The van der Waals surface area contributed by atoms with E-state index in [1.807, 2.05) is 73.7 Å². The van der Waals surface area contributed by atoms with E-state index in [-0.39, 0.29) is 11.2 Å². The van der Waals surface area contributed by atoms with Gasteiger partial charge < -0.3 is 23.8 Å². The molecule has 5 rings (SSSR count). The number of fused-ring (bicyclic) bond motifs is 1. The third-order valence-electron chi connectivity index (χ3n) is 6.93. The molecule has 206 valence electrons. The number of rotatable bonds is 8. The second-order valence-electron chi connectivity index (χ2n) is 9.64. The molecule has 0 unspecified atom stereocenters. The zero-order valence-electron chi connectivity index (χ0n) is 23.3. The number of hydrogen-bond donors (Lipinski definition) is 1. The smallest absolute Gasteiger partial charge is 0.354 e. The Balaban J connectivity index is 1.45. The van der Waals surface area contributed by atoms with Crippen LogP contribution < -0.4 is 15.0 Å². The summed E-state index contributed by atoms with van der Waals surface area (Å²) >= 11 is 0. The van der Waals surface area contributed by atoms with Crippen molar-refractivity contribution in [2.24, 2.45) is 0 Å². The molecule has 0 radical (unpaired) electrons. The number of H-pyrrole nitrogens is 1. The second kappa shape index (κ2) is 11.4. The largest absolute Gasteiger partial charge is 0.497 e. The molecular formula is C33H29N3O5. The van der Waals surface area contributed by atoms with Crippen molar-refractivity contribution in [3.8, 4) is 28.5 Å². The molecule has 8 heteroatoms. The average molecular weight is 548 g/mol. The Hall–Kier alpha value is -5.29. The predicted octanol–water partition coefficient (Wildman–Crippen LogP) is 7.19. The van der Waals surface area contributed by atoms with Gasteiger partial charge in [-0.05, 0) is 110 Å². The van der Waals surface area contributed by atoms with Crippen molar-refractivity contribution < 1.29 is 19.0 Å². The highest BCUT2D eigenvalue weighted by molar-refractivity contribution is 5.95. The number of aryl methyl sites for hydroxylation is 2. The molecule has 0 spiro atoms. The van der Waals surface area contributed by atoms with E-state index in [4.69, 9.17) is 20.8 Å². The fraction of sp³-hybridized carbons (Fsp3) is 0.182. The van der Waals surface area contributed by atoms with E-state index in [1.54, 1.807) is 31.6 Å². The Morgan fingerprint density at radius 2 is 1.66 bits per heavy atom. The monoisotopic (exact) mass is 547 g/mol. The van der Waals surface area contributed by atoms with Gasteiger partial charge in [0.2, 0.25) is 0 Å². The molecule has 8 nitrogen and oxygen atoms in total. The maximum Gasteiger partial charge on any atom is 0.354 e. The van der Waals surface area contributed by atoms with Gasteiger partial charge in [-0.3, -0.25) is 4.79 Å². The summed E-state index contributed by atoms with van der Waals surface area (Å²) in [5.41, 5.74) is 5.09. The minimum atomic E-state index is -0.401. The van der Waals surface area contributed by atoms with E-state index in [1.165, 1.54) is 0 Å². The Morgan fingerprint density at radius 3 is 2.34 bits per heavy atom. The number of aromatic nitrogens is 2. The van der Waals surface area contributed by atoms with Crippen LogP contribution in [-0.2, 0) is 11.3 Å². The van der Waals surface area contributed by atoms with Gasteiger partial charge in [0.15, 0.2) is 0 Å². The fourth-order valence-corrected chi connectivity index (χ4v) is 4.76. The van der Waals surface area contributed by atoms with Crippen LogP contribution in [0.3, 0.4) is 0 Å². The summed E-state index contributed by atoms with van der Waals surface area (Å²) in [5.74, 6) is 1.57. The molecule has 0 saturated carbocycles. The number of methoxy groups -OCH3 is 1. The van der Waals surface area contributed by atoms with Crippen molar-refractivity contribution in [2.45, 2.75) is 27.3 Å². The summed E-state index contributed by atoms with van der Waals surface area (Å²) in [7, 11) is 1.62. The number of benzene rings is 3. The molecule has 0 atom stereocenters. The average Bonchev–Trinajstić information content (AvgIpc) is 3.40. The van der Waals surface area contributed by atoms with Crippen molar-refractivity contribution >= 4 is 22.6 Å². The van der Waals surface area contributed by atoms with Crippen molar-refractivity contribution in [3.63, 3.8) is 0 Å². The topological polar surface area (TPSA) is 86.9 Å². The summed E-state index contributed by atoms with van der Waals surface area (Å²) in [4.78, 5) is 32.0. The van der Waals surface area contributed by atoms with Gasteiger partial charge in [-0.1, -0.05) is 6.07 Å². The third kappa shape index (κ3) is 5.56. The summed E-state index contributed by atoms with van der Waals surface area (Å²) in [6, 6.07) is 22.3. The second-order valence-corrected chi connectivity index (χ2v) is 9.64. The van der Waals surface area contributed by atoms with Gasteiger partial charge >= 0.3 is 5.97 Å². The lowest BCUT2D eigenvalue weighted by molar-refractivity contribution is 0.0520. The lowest BCUT2D eigenvalue weighted by Crippen LogP contribution is -2.23. The molecule has 5 aromatic rings. The lowest BCUT2D eigenvalue weighted by atomic mass is 10.0. The minimum Gasteiger partial charge on any atom is -0.497 e. The summed E-state index contributed by atoms with van der Waals surface area (Å²) in [6.45, 7) is 13.7. The highest BCUT2D eigenvalue weighted by Gasteiger charge is 2.16. The molecule has 2 heterocycles. The standard InChI is InChI=1S/C33H29N3O5/c1-6-40-33(38)29-18-24-17-27(13-14-28(24)35-29)41-25-10-7-22(8-11-25)30-16-21(3)31(34-4)32(37)36(30)19-23-9-12-26(39-5)15-20(23)2/h7-18,35H,6,19H2,1-3,5H3. The van der Waals surface area contributed by atoms with Crippen LogP contribution >= 0.6 is 0 Å². The quantitative estimate of drug-likeness (QED) is 0.164. The van der Waals surface area contributed by atoms with Crippen LogP contribution in [0, 0.1) is 20.4 Å². The number of ether oxygens (including phenoxy) is 3. The first-order valence-electron chi connectivity index (χ1n) is 13.1. The highest BCUT2D eigenvalue weighted by atomic mass is 16.5. The van der Waals surface area contributed by atoms with Crippen LogP contribution in [0.1, 0.15) is 34.1 Å². The van der Waals surface area contributed by atoms with E-state index >= 15 is 0 Å². The van der Waals surface area contributed by atoms with Gasteiger partial charge in [0.25, 0.3) is 11.2 Å². The summed E-state index contributed by atoms with van der Waals surface area (Å²) < 4.78 is 18.1. The zero-order valence-corrected chi connectivity index (χ0v) is 23.3. The minimum absolute atomic E-state index is 0.117. The fourth-order valence-electron chi connectivity index (χ4n) is 4.76. The normalized spacial score (nSPS) is 10.8. The van der Waals surface area contributed by atoms with E-state index in [0.717, 1.165) is 33.3 Å². The number of carbonyl (C=O) groups excluding carboxylic acids is 1. The number of pyridine rings is 1. The van der Waals surface area contributed by atoms with Crippen LogP contribution in [-0.4, -0.2) is 29.2 Å². The van der Waals surface area contributed by atoms with Crippen LogP contribution in [0.25, 0.3) is 27.0 Å². The molecule has 41 heavy (non-hydrogen) atoms. The van der Waals surface area contributed by atoms with Crippen molar-refractivity contribution in [1.29, 1.82) is 0 Å². The molecule has 0 saturated heterocycles. The zero-order chi connectivity index (χ0) is 29.1. The van der Waals surface area contributed by atoms with Crippen LogP contribution in [0.4, 0.5) is 5.69 Å². The Labute approximate surface area is 237 Å². The Kier molecular flexibility index (Phi) is 7.61. The Morgan fingerprint density at radius 1 is 0.927 bits per heavy atom. The lowest BCUT2D eigenvalue weighted by Gasteiger charge is -2.17. The molecule has 2 aromatic heterocycles. The number of nitrogens with one attached hydrogen (secondary N) is 1. The van der Waals surface area contributed by atoms with E-state index in [2.05, 4.69) is 9.83 Å². The molecule has 3 aromatic carbocycles. The molecule has 1 N–H and O–H groups in total. The van der Waals surface area contributed by atoms with E-state index in [0.29, 0.717) is 41.6 Å². The van der Waals surface area contributed by atoms with Gasteiger partial charge in [-0.25, -0.2) is 9.64 Å². The van der Waals surface area contributed by atoms with Crippen LogP contribution in [0.5, 0.6) is 17.2 Å². The molecule has 0 fully saturated rings. The summed E-state index contributed by atoms with van der Waals surface area (Å²) in [6.07, 6.45) is 0. The number of carbonyl (C=O) groups is 1. The first-order chi connectivity index (χ1) is 19.8. The highest BCUT2D eigenvalue weighted by Crippen LogP contribution is 2.30. The predicted molar refractivity (Wildman–Crippen MR) is 158 cm³/mol. The van der Waals surface area contributed by atoms with Gasteiger partial charge in [-0.2, -0.15) is 0 Å². The maximum atomic E-state index is 13.4. The SMILES string of the molecule is [C-]#[N+]c1c(C)cc(-c2ccc(Oc3ccc4[nH]c(C(=O)OCC)cc4c3)cc2)n(Cc2ccc(OC)cc2C)c1=O. The number of hydrogen-bond acceptors (Lipinski definition) is 5. The molecule has 0 aliphatic carbocycles. The van der Waals surface area contributed by atoms with Crippen LogP contribution in [0.15, 0.2) is 77.6 Å². The van der Waals surface area contributed by atoms with Gasteiger partial charge in [-0.15, -0.1) is 0 Å². The molecule has 0 aliphatic rings. The number of esters is 1. The van der Waals surface area contributed by atoms with Crippen molar-refractivity contribution in [1.82, 2.24) is 9.55 Å². The molecule has 0 bridgehead atoms. The van der Waals surface area contributed by atoms with E-state index < -0.39 is 5.97 Å². The number of aromatic amines is 1. The van der Waals surface area contributed by atoms with Crippen molar-refractivity contribution in [3.05, 3.63) is 117 Å². The first kappa shape index (κ1) is 27.3. The van der Waals surface area contributed by atoms with Crippen molar-refractivity contribution in [2.75, 3.05) is 13.7 Å². The summed E-state index contributed by atoms with van der Waals surface area (Å²) in [5, 5.41) is 0.829.